The van der Waals surface area contributed by atoms with Gasteiger partial charge in [0, 0.05) is 25.8 Å². The molecule has 3 rings (SSSR count). The van der Waals surface area contributed by atoms with E-state index >= 15 is 0 Å². The highest BCUT2D eigenvalue weighted by atomic mass is 35.5. The number of halogens is 2. The van der Waals surface area contributed by atoms with Gasteiger partial charge in [0.15, 0.2) is 0 Å². The lowest BCUT2D eigenvalue weighted by Crippen LogP contribution is -2.31. The van der Waals surface area contributed by atoms with Crippen molar-refractivity contribution in [3.8, 4) is 0 Å². The van der Waals surface area contributed by atoms with Crippen LogP contribution in [0.2, 0.25) is 10.0 Å². The van der Waals surface area contributed by atoms with Gasteiger partial charge in [-0.1, -0.05) is 59.6 Å². The molecule has 2 aromatic carbocycles. The second-order valence-electron chi connectivity index (χ2n) is 6.38. The second-order valence-corrected chi connectivity index (χ2v) is 7.19. The smallest absolute Gasteiger partial charge is 0.295 e. The summed E-state index contributed by atoms with van der Waals surface area (Å²) < 4.78 is 5.06. The van der Waals surface area contributed by atoms with Crippen LogP contribution in [-0.2, 0) is 14.3 Å². The standard InChI is InChI=1S/C21H19Cl2NO4/c1-28-11-5-10-24-18(14-8-9-15(22)16(23)12-14)17(20(26)21(24)27)19(25)13-6-3-2-4-7-13/h2-4,6-9,12,18,25H,5,10-11H2,1H3. The van der Waals surface area contributed by atoms with E-state index in [4.69, 9.17) is 27.9 Å². The Morgan fingerprint density at radius 3 is 2.46 bits per heavy atom. The van der Waals surface area contributed by atoms with E-state index in [1.165, 1.54) is 4.90 Å². The lowest BCUT2D eigenvalue weighted by Gasteiger charge is -2.25. The highest BCUT2D eigenvalue weighted by molar-refractivity contribution is 6.46. The molecule has 1 aliphatic heterocycles. The third-order valence-electron chi connectivity index (χ3n) is 4.59. The average Bonchev–Trinajstić information content (AvgIpc) is 2.95. The molecule has 146 valence electrons. The number of likely N-dealkylation sites (tertiary alicyclic amines) is 1. The Labute approximate surface area is 173 Å². The molecule has 7 heteroatoms. The topological polar surface area (TPSA) is 66.8 Å². The quantitative estimate of drug-likeness (QED) is 0.325. The number of carbonyl (C=O) groups is 2. The molecule has 0 saturated carbocycles. The van der Waals surface area contributed by atoms with Gasteiger partial charge < -0.3 is 14.7 Å². The molecular formula is C21H19Cl2NO4. The highest BCUT2D eigenvalue weighted by Gasteiger charge is 2.45. The molecule has 0 bridgehead atoms. The first kappa shape index (κ1) is 20.4. The van der Waals surface area contributed by atoms with Crippen LogP contribution in [0.15, 0.2) is 54.1 Å². The number of ketones is 1. The van der Waals surface area contributed by atoms with Crippen molar-refractivity contribution < 1.29 is 19.4 Å². The zero-order chi connectivity index (χ0) is 20.3. The predicted molar refractivity (Wildman–Crippen MR) is 108 cm³/mol. The van der Waals surface area contributed by atoms with Crippen molar-refractivity contribution in [3.63, 3.8) is 0 Å². The molecule has 1 aliphatic rings. The number of benzene rings is 2. The molecule has 1 amide bonds. The van der Waals surface area contributed by atoms with Gasteiger partial charge in [-0.25, -0.2) is 0 Å². The number of aliphatic hydroxyl groups excluding tert-OH is 1. The zero-order valence-corrected chi connectivity index (χ0v) is 16.7. The largest absolute Gasteiger partial charge is 0.507 e. The van der Waals surface area contributed by atoms with Crippen molar-refractivity contribution in [3.05, 3.63) is 75.3 Å². The third kappa shape index (κ3) is 3.92. The van der Waals surface area contributed by atoms with E-state index in [0.29, 0.717) is 40.7 Å². The van der Waals surface area contributed by atoms with Crippen molar-refractivity contribution in [1.82, 2.24) is 4.90 Å². The number of rotatable bonds is 6. The van der Waals surface area contributed by atoms with E-state index < -0.39 is 17.7 Å². The molecular weight excluding hydrogens is 401 g/mol. The van der Waals surface area contributed by atoms with Gasteiger partial charge in [0.1, 0.15) is 5.76 Å². The lowest BCUT2D eigenvalue weighted by atomic mass is 9.95. The number of methoxy groups -OCH3 is 1. The number of ether oxygens (including phenoxy) is 1. The van der Waals surface area contributed by atoms with Crippen LogP contribution in [0.4, 0.5) is 0 Å². The number of hydrogen-bond acceptors (Lipinski definition) is 4. The van der Waals surface area contributed by atoms with Crippen LogP contribution >= 0.6 is 23.2 Å². The third-order valence-corrected chi connectivity index (χ3v) is 5.33. The summed E-state index contributed by atoms with van der Waals surface area (Å²) in [6.07, 6.45) is 0.548. The number of Topliss-reactive ketones (excluding diaryl/α,β-unsaturated/α-hetero) is 1. The van der Waals surface area contributed by atoms with Crippen LogP contribution in [0.3, 0.4) is 0 Å². The van der Waals surface area contributed by atoms with Crippen LogP contribution in [0, 0.1) is 0 Å². The summed E-state index contributed by atoms with van der Waals surface area (Å²) in [5.41, 5.74) is 1.10. The summed E-state index contributed by atoms with van der Waals surface area (Å²) in [5.74, 6) is -1.61. The van der Waals surface area contributed by atoms with Crippen molar-refractivity contribution in [2.75, 3.05) is 20.3 Å². The van der Waals surface area contributed by atoms with E-state index in [1.54, 1.807) is 55.6 Å². The Balaban J connectivity index is 2.13. The molecule has 0 spiro atoms. The molecule has 0 radical (unpaired) electrons. The average molecular weight is 420 g/mol. The van der Waals surface area contributed by atoms with Gasteiger partial charge in [-0.05, 0) is 24.1 Å². The van der Waals surface area contributed by atoms with Crippen molar-refractivity contribution >= 4 is 40.7 Å². The molecule has 1 atom stereocenters. The van der Waals surface area contributed by atoms with E-state index in [1.807, 2.05) is 0 Å². The fourth-order valence-electron chi connectivity index (χ4n) is 3.27. The van der Waals surface area contributed by atoms with Crippen LogP contribution in [0.5, 0.6) is 0 Å². The maximum atomic E-state index is 12.8. The number of nitrogens with zero attached hydrogens (tertiary/aromatic N) is 1. The second kappa shape index (κ2) is 8.78. The monoisotopic (exact) mass is 419 g/mol. The predicted octanol–water partition coefficient (Wildman–Crippen LogP) is 4.45. The highest BCUT2D eigenvalue weighted by Crippen LogP contribution is 2.40. The summed E-state index contributed by atoms with van der Waals surface area (Å²) in [6, 6.07) is 12.8. The SMILES string of the molecule is COCCCN1C(=O)C(=O)C(=C(O)c2ccccc2)C1c1ccc(Cl)c(Cl)c1. The van der Waals surface area contributed by atoms with Gasteiger partial charge in [-0.3, -0.25) is 9.59 Å². The summed E-state index contributed by atoms with van der Waals surface area (Å²) >= 11 is 12.2. The molecule has 5 nitrogen and oxygen atoms in total. The Morgan fingerprint density at radius 2 is 1.82 bits per heavy atom. The molecule has 1 N–H and O–H groups in total. The molecule has 1 unspecified atom stereocenters. The number of aliphatic hydroxyl groups is 1. The maximum absolute atomic E-state index is 12.8. The maximum Gasteiger partial charge on any atom is 0.295 e. The minimum Gasteiger partial charge on any atom is -0.507 e. The van der Waals surface area contributed by atoms with Crippen LogP contribution < -0.4 is 0 Å². The Kier molecular flexibility index (Phi) is 6.39. The van der Waals surface area contributed by atoms with Gasteiger partial charge >= 0.3 is 0 Å². The lowest BCUT2D eigenvalue weighted by molar-refractivity contribution is -0.140. The van der Waals surface area contributed by atoms with Crippen molar-refractivity contribution in [1.29, 1.82) is 0 Å². The van der Waals surface area contributed by atoms with Crippen LogP contribution in [0.1, 0.15) is 23.6 Å². The van der Waals surface area contributed by atoms with Gasteiger partial charge in [0.25, 0.3) is 11.7 Å². The van der Waals surface area contributed by atoms with E-state index in [9.17, 15) is 14.7 Å². The van der Waals surface area contributed by atoms with E-state index in [-0.39, 0.29) is 11.3 Å². The molecule has 28 heavy (non-hydrogen) atoms. The minimum atomic E-state index is -0.758. The first-order valence-electron chi connectivity index (χ1n) is 8.73. The van der Waals surface area contributed by atoms with Gasteiger partial charge in [0.2, 0.25) is 0 Å². The number of hydrogen-bond donors (Lipinski definition) is 1. The Bertz CT molecular complexity index is 927. The van der Waals surface area contributed by atoms with Gasteiger partial charge in [-0.15, -0.1) is 0 Å². The fourth-order valence-corrected chi connectivity index (χ4v) is 3.58. The summed E-state index contributed by atoms with van der Waals surface area (Å²) in [7, 11) is 1.57. The Morgan fingerprint density at radius 1 is 1.11 bits per heavy atom. The molecule has 1 fully saturated rings. The normalized spacial score (nSPS) is 18.7. The van der Waals surface area contributed by atoms with Gasteiger partial charge in [0.05, 0.1) is 21.7 Å². The summed E-state index contributed by atoms with van der Waals surface area (Å²) in [6.45, 7) is 0.741. The zero-order valence-electron chi connectivity index (χ0n) is 15.2. The van der Waals surface area contributed by atoms with Gasteiger partial charge in [-0.2, -0.15) is 0 Å². The minimum absolute atomic E-state index is 0.0343. The molecule has 1 saturated heterocycles. The van der Waals surface area contributed by atoms with Crippen LogP contribution in [-0.4, -0.2) is 42.0 Å². The molecule has 1 heterocycles. The molecule has 0 aliphatic carbocycles. The van der Waals surface area contributed by atoms with Crippen molar-refractivity contribution in [2.24, 2.45) is 0 Å². The van der Waals surface area contributed by atoms with Crippen LogP contribution in [0.25, 0.3) is 5.76 Å². The number of carbonyl (C=O) groups excluding carboxylic acids is 2. The molecule has 2 aromatic rings. The summed E-state index contributed by atoms with van der Waals surface area (Å²) in [4.78, 5) is 27.0. The fraction of sp³-hybridized carbons (Fsp3) is 0.238. The van der Waals surface area contributed by atoms with E-state index in [2.05, 4.69) is 0 Å². The van der Waals surface area contributed by atoms with Crippen molar-refractivity contribution in [2.45, 2.75) is 12.5 Å². The first-order chi connectivity index (χ1) is 13.5. The Hall–Kier alpha value is -2.34. The first-order valence-corrected chi connectivity index (χ1v) is 9.49. The summed E-state index contributed by atoms with van der Waals surface area (Å²) in [5, 5.41) is 11.5. The van der Waals surface area contributed by atoms with E-state index in [0.717, 1.165) is 0 Å². The number of amides is 1. The molecule has 0 aromatic heterocycles.